The summed E-state index contributed by atoms with van der Waals surface area (Å²) in [6.45, 7) is 1.49. The number of carbonyl (C=O) groups excluding carboxylic acids is 1. The standard InChI is InChI=1S/C22H23F6N5O2S/c23-16-10-30-21-19(31-20(32-21)13-5-8-35-11-13)18(16)12-3-6-33(7-4-12)22(34)15-2-1-14(9-17(15)29)36(24,25,26,27)28/h1-2,9-10,12-13H,3-8,11,29H2,(H,30,31,32)/t13-/m0/s1. The van der Waals surface area contributed by atoms with Crippen LogP contribution in [-0.2, 0) is 4.74 Å². The molecule has 1 aromatic carbocycles. The SMILES string of the molecule is Nc1cc(S(F)(F)(F)(F)F)ccc1C(=O)N1CCC(c2c(F)cnc3nc([C@H]4CCOC4)[nH]c23)CC1. The lowest BCUT2D eigenvalue weighted by molar-refractivity contribution is 0.0713. The Hall–Kier alpha value is -3.00. The van der Waals surface area contributed by atoms with Gasteiger partial charge in [-0.2, -0.15) is 0 Å². The van der Waals surface area contributed by atoms with E-state index in [1.165, 1.54) is 4.90 Å². The van der Waals surface area contributed by atoms with E-state index in [1.807, 2.05) is 0 Å². The molecular weight excluding hydrogens is 512 g/mol. The van der Waals surface area contributed by atoms with Gasteiger partial charge in [0.05, 0.1) is 23.9 Å². The molecule has 2 aromatic heterocycles. The van der Waals surface area contributed by atoms with Gasteiger partial charge in [0.1, 0.15) is 16.5 Å². The zero-order valence-electron chi connectivity index (χ0n) is 18.8. The van der Waals surface area contributed by atoms with Crippen molar-refractivity contribution in [3.63, 3.8) is 0 Å². The first kappa shape index (κ1) is 24.7. The second kappa shape index (κ2) is 7.75. The minimum Gasteiger partial charge on any atom is -0.398 e. The Bertz CT molecular complexity index is 1350. The number of amides is 1. The highest BCUT2D eigenvalue weighted by Crippen LogP contribution is 3.02. The molecule has 2 aliphatic rings. The Morgan fingerprint density at radius 1 is 1.11 bits per heavy atom. The van der Waals surface area contributed by atoms with Crippen molar-refractivity contribution in [2.24, 2.45) is 0 Å². The summed E-state index contributed by atoms with van der Waals surface area (Å²) in [6, 6.07) is 0.934. The third-order valence-corrected chi connectivity index (χ3v) is 7.88. The van der Waals surface area contributed by atoms with Crippen molar-refractivity contribution in [2.75, 3.05) is 32.0 Å². The molecule has 2 fully saturated rings. The summed E-state index contributed by atoms with van der Waals surface area (Å²) in [7, 11) is -9.92. The number of imidazole rings is 1. The fraction of sp³-hybridized carbons (Fsp3) is 0.409. The zero-order chi connectivity index (χ0) is 25.9. The van der Waals surface area contributed by atoms with E-state index in [1.54, 1.807) is 0 Å². The normalized spacial score (nSPS) is 21.5. The van der Waals surface area contributed by atoms with Crippen molar-refractivity contribution in [3.05, 3.63) is 47.2 Å². The third-order valence-electron chi connectivity index (χ3n) is 6.74. The molecule has 0 saturated carbocycles. The van der Waals surface area contributed by atoms with Crippen LogP contribution in [-0.4, -0.2) is 52.1 Å². The molecule has 0 spiro atoms. The van der Waals surface area contributed by atoms with E-state index in [4.69, 9.17) is 10.5 Å². The monoisotopic (exact) mass is 535 g/mol. The summed E-state index contributed by atoms with van der Waals surface area (Å²) in [4.78, 5) is 23.9. The van der Waals surface area contributed by atoms with Crippen molar-refractivity contribution < 1.29 is 33.4 Å². The Kier molecular flexibility index (Phi) is 5.31. The van der Waals surface area contributed by atoms with Gasteiger partial charge in [-0.25, -0.2) is 14.4 Å². The number of halogens is 6. The van der Waals surface area contributed by atoms with Crippen molar-refractivity contribution in [1.29, 1.82) is 0 Å². The largest absolute Gasteiger partial charge is 0.398 e. The smallest absolute Gasteiger partial charge is 0.310 e. The van der Waals surface area contributed by atoms with E-state index >= 15 is 0 Å². The molecule has 0 aliphatic carbocycles. The van der Waals surface area contributed by atoms with Crippen LogP contribution in [0.15, 0.2) is 29.3 Å². The molecule has 3 aromatic rings. The maximum Gasteiger partial charge on any atom is 0.310 e. The van der Waals surface area contributed by atoms with E-state index < -0.39 is 32.5 Å². The lowest BCUT2D eigenvalue weighted by Gasteiger charge is -2.40. The number of aromatic nitrogens is 3. The summed E-state index contributed by atoms with van der Waals surface area (Å²) in [5.74, 6) is -0.683. The number of ether oxygens (including phenoxy) is 1. The number of nitrogens with zero attached hydrogens (tertiary/aromatic N) is 3. The van der Waals surface area contributed by atoms with Gasteiger partial charge in [0, 0.05) is 36.9 Å². The lowest BCUT2D eigenvalue weighted by Crippen LogP contribution is -2.38. The van der Waals surface area contributed by atoms with Gasteiger partial charge >= 0.3 is 10.2 Å². The molecule has 2 aliphatic heterocycles. The van der Waals surface area contributed by atoms with Gasteiger partial charge in [0.2, 0.25) is 0 Å². The van der Waals surface area contributed by atoms with Crippen LogP contribution >= 0.6 is 10.2 Å². The fourth-order valence-electron chi connectivity index (χ4n) is 4.83. The van der Waals surface area contributed by atoms with Crippen LogP contribution in [0.1, 0.15) is 52.8 Å². The topological polar surface area (TPSA) is 97.1 Å². The number of carbonyl (C=O) groups is 1. The molecule has 4 heterocycles. The maximum absolute atomic E-state index is 14.9. The molecule has 36 heavy (non-hydrogen) atoms. The van der Waals surface area contributed by atoms with Crippen molar-refractivity contribution in [3.8, 4) is 0 Å². The molecule has 3 N–H and O–H groups in total. The van der Waals surface area contributed by atoms with E-state index in [2.05, 4.69) is 15.0 Å². The summed E-state index contributed by atoms with van der Waals surface area (Å²) in [5, 5.41) is 0. The number of hydrogen-bond acceptors (Lipinski definition) is 5. The predicted molar refractivity (Wildman–Crippen MR) is 122 cm³/mol. The fourth-order valence-corrected chi connectivity index (χ4v) is 5.50. The minimum atomic E-state index is -9.92. The Balaban J connectivity index is 1.34. The molecule has 0 radical (unpaired) electrons. The number of piperidine rings is 1. The summed E-state index contributed by atoms with van der Waals surface area (Å²) in [5.41, 5.74) is 5.89. The Labute approximate surface area is 201 Å². The molecule has 5 rings (SSSR count). The second-order valence-corrected chi connectivity index (χ2v) is 11.6. The van der Waals surface area contributed by atoms with Crippen LogP contribution in [0.25, 0.3) is 11.2 Å². The molecule has 1 atom stereocenters. The zero-order valence-corrected chi connectivity index (χ0v) is 19.6. The molecular formula is C22H23F6N5O2S. The first-order valence-corrected chi connectivity index (χ1v) is 13.2. The van der Waals surface area contributed by atoms with E-state index in [9.17, 15) is 28.6 Å². The summed E-state index contributed by atoms with van der Waals surface area (Å²) >= 11 is 0. The molecule has 14 heteroatoms. The van der Waals surface area contributed by atoms with Crippen LogP contribution in [0.4, 0.5) is 29.5 Å². The average Bonchev–Trinajstić information content (AvgIpc) is 3.47. The van der Waals surface area contributed by atoms with E-state index in [-0.39, 0.29) is 42.6 Å². The van der Waals surface area contributed by atoms with E-state index in [0.717, 1.165) is 12.6 Å². The van der Waals surface area contributed by atoms with Crippen molar-refractivity contribution >= 4 is 33.0 Å². The number of nitrogen functional groups attached to an aromatic ring is 1. The number of aromatic amines is 1. The number of fused-ring (bicyclic) bond motifs is 1. The van der Waals surface area contributed by atoms with E-state index in [0.29, 0.717) is 54.7 Å². The molecule has 1 amide bonds. The number of pyridine rings is 1. The second-order valence-electron chi connectivity index (χ2n) is 9.19. The number of anilines is 1. The quantitative estimate of drug-likeness (QED) is 0.322. The number of hydrogen-bond donors (Lipinski definition) is 2. The summed E-state index contributed by atoms with van der Waals surface area (Å²) in [6.07, 6.45) is 2.65. The average molecular weight is 536 g/mol. The highest BCUT2D eigenvalue weighted by atomic mass is 32.5. The van der Waals surface area contributed by atoms with Crippen LogP contribution in [0.5, 0.6) is 0 Å². The number of likely N-dealkylation sites (tertiary alicyclic amines) is 1. The van der Waals surface area contributed by atoms with Crippen LogP contribution in [0.3, 0.4) is 0 Å². The van der Waals surface area contributed by atoms with Crippen LogP contribution in [0.2, 0.25) is 0 Å². The first-order chi connectivity index (χ1) is 16.7. The van der Waals surface area contributed by atoms with Gasteiger partial charge in [-0.3, -0.25) is 4.79 Å². The van der Waals surface area contributed by atoms with Gasteiger partial charge in [-0.05, 0) is 43.4 Å². The Morgan fingerprint density at radius 3 is 2.44 bits per heavy atom. The molecule has 7 nitrogen and oxygen atoms in total. The molecule has 196 valence electrons. The van der Waals surface area contributed by atoms with Crippen LogP contribution < -0.4 is 5.73 Å². The van der Waals surface area contributed by atoms with Crippen LogP contribution in [0, 0.1) is 5.82 Å². The predicted octanol–water partition coefficient (Wildman–Crippen LogP) is 5.86. The number of benzene rings is 1. The molecule has 0 bridgehead atoms. The van der Waals surface area contributed by atoms with Gasteiger partial charge in [-0.15, -0.1) is 0 Å². The van der Waals surface area contributed by atoms with Gasteiger partial charge in [0.15, 0.2) is 5.65 Å². The highest BCUT2D eigenvalue weighted by molar-refractivity contribution is 8.45. The molecule has 2 saturated heterocycles. The lowest BCUT2D eigenvalue weighted by atomic mass is 9.88. The number of H-pyrrole nitrogens is 1. The highest BCUT2D eigenvalue weighted by Gasteiger charge is 2.65. The number of rotatable bonds is 4. The first-order valence-electron chi connectivity index (χ1n) is 11.3. The van der Waals surface area contributed by atoms with Crippen molar-refractivity contribution in [1.82, 2.24) is 19.9 Å². The molecule has 0 unspecified atom stereocenters. The summed E-state index contributed by atoms with van der Waals surface area (Å²) < 4.78 is 85.5. The number of nitrogens with one attached hydrogen (secondary N) is 1. The van der Waals surface area contributed by atoms with Gasteiger partial charge in [0.25, 0.3) is 5.91 Å². The minimum absolute atomic E-state index is 0.0746. The van der Waals surface area contributed by atoms with Crippen molar-refractivity contribution in [2.45, 2.75) is 36.0 Å². The third kappa shape index (κ3) is 4.59. The Morgan fingerprint density at radius 2 is 1.83 bits per heavy atom. The number of nitrogens with two attached hydrogens (primary N) is 1. The van der Waals surface area contributed by atoms with Gasteiger partial charge < -0.3 is 20.4 Å². The van der Waals surface area contributed by atoms with Gasteiger partial charge in [-0.1, -0.05) is 19.4 Å². The maximum atomic E-state index is 14.9.